The molecule has 9 heteroatoms. The number of piperidine rings is 1. The smallest absolute Gasteiger partial charge is 0.319 e. The van der Waals surface area contributed by atoms with Gasteiger partial charge in [0, 0.05) is 30.3 Å². The van der Waals surface area contributed by atoms with Gasteiger partial charge in [0.05, 0.1) is 24.2 Å². The second-order valence-corrected chi connectivity index (χ2v) is 11.3. The summed E-state index contributed by atoms with van der Waals surface area (Å²) in [5.41, 5.74) is -0.107. The number of β-amino-alcohol motifs (C(OH)–C–C–N with tert-alkyl or cyclic N) is 1. The van der Waals surface area contributed by atoms with E-state index in [2.05, 4.69) is 15.0 Å². The third-order valence-electron chi connectivity index (χ3n) is 8.12. The van der Waals surface area contributed by atoms with Gasteiger partial charge in [0.2, 0.25) is 0 Å². The molecule has 0 unspecified atom stereocenters. The van der Waals surface area contributed by atoms with E-state index in [4.69, 9.17) is 4.74 Å². The normalized spacial score (nSPS) is 20.5. The van der Waals surface area contributed by atoms with E-state index in [-0.39, 0.29) is 41.7 Å². The number of anilines is 1. The van der Waals surface area contributed by atoms with E-state index in [0.29, 0.717) is 53.6 Å². The summed E-state index contributed by atoms with van der Waals surface area (Å²) in [4.78, 5) is 15.5. The Balaban J connectivity index is 1.53. The van der Waals surface area contributed by atoms with Crippen molar-refractivity contribution in [3.8, 4) is 17.3 Å². The number of halogens is 2. The van der Waals surface area contributed by atoms with Crippen LogP contribution in [0.15, 0.2) is 36.5 Å². The molecule has 7 nitrogen and oxygen atoms in total. The van der Waals surface area contributed by atoms with E-state index >= 15 is 4.39 Å². The van der Waals surface area contributed by atoms with Gasteiger partial charge >= 0.3 is 6.01 Å². The molecule has 1 atom stereocenters. The topological polar surface area (TPSA) is 91.6 Å². The molecule has 39 heavy (non-hydrogen) atoms. The molecule has 2 aromatic carbocycles. The Labute approximate surface area is 225 Å². The van der Waals surface area contributed by atoms with E-state index < -0.39 is 11.4 Å². The molecular formula is C30H32F2N4O3. The maximum absolute atomic E-state index is 16.4. The number of rotatable bonds is 7. The van der Waals surface area contributed by atoms with Gasteiger partial charge in [0.1, 0.15) is 22.8 Å². The monoisotopic (exact) mass is 534 g/mol. The molecule has 1 saturated heterocycles. The van der Waals surface area contributed by atoms with Crippen LogP contribution in [0, 0.1) is 17.0 Å². The zero-order valence-corrected chi connectivity index (χ0v) is 22.2. The van der Waals surface area contributed by atoms with Gasteiger partial charge in [-0.2, -0.15) is 9.97 Å². The highest BCUT2D eigenvalue weighted by molar-refractivity contribution is 6.00. The third kappa shape index (κ3) is 4.67. The van der Waals surface area contributed by atoms with E-state index in [1.165, 1.54) is 6.07 Å². The van der Waals surface area contributed by atoms with Crippen LogP contribution in [-0.2, 0) is 6.42 Å². The summed E-state index contributed by atoms with van der Waals surface area (Å²) in [6.45, 7) is 4.84. The number of hydrogen-bond acceptors (Lipinski definition) is 7. The maximum atomic E-state index is 16.4. The first-order valence-electron chi connectivity index (χ1n) is 13.5. The molecule has 0 bridgehead atoms. The first-order valence-corrected chi connectivity index (χ1v) is 13.5. The molecular weight excluding hydrogens is 502 g/mol. The molecule has 3 heterocycles. The SMILES string of the molecule is CCc1c(F)ccc2cccc(-c3ncc4c(N5CCC[C@@](C)(O)C5)nc(OCC5(CO)CC5)nc4c3F)c12. The number of pyridine rings is 1. The Morgan fingerprint density at radius 2 is 1.92 bits per heavy atom. The van der Waals surface area contributed by atoms with Crippen LogP contribution in [0.25, 0.3) is 32.9 Å². The standard InChI is InChI=1S/C30H32F2N4O3/c1-3-19-22(31)9-8-18-6-4-7-20(23(18)19)25-24(32)26-21(14-33-25)27(36-13-5-10-29(2,38)15-36)35-28(34-26)39-17-30(16-37)11-12-30/h4,6-9,14,37-38H,3,5,10-13,15-17H2,1-2H3/t29-/m1/s1. The van der Waals surface area contributed by atoms with Crippen LogP contribution in [0.1, 0.15) is 45.1 Å². The van der Waals surface area contributed by atoms with Gasteiger partial charge in [0.25, 0.3) is 0 Å². The molecule has 204 valence electrons. The fourth-order valence-corrected chi connectivity index (χ4v) is 5.63. The van der Waals surface area contributed by atoms with E-state index in [9.17, 15) is 14.6 Å². The minimum absolute atomic E-state index is 0.00224. The molecule has 1 aliphatic carbocycles. The van der Waals surface area contributed by atoms with Gasteiger partial charge in [-0.1, -0.05) is 31.2 Å². The third-order valence-corrected chi connectivity index (χ3v) is 8.12. The highest BCUT2D eigenvalue weighted by Gasteiger charge is 2.43. The van der Waals surface area contributed by atoms with Crippen molar-refractivity contribution >= 4 is 27.5 Å². The van der Waals surface area contributed by atoms with Crippen LogP contribution in [0.5, 0.6) is 6.01 Å². The lowest BCUT2D eigenvalue weighted by molar-refractivity contribution is 0.0447. The van der Waals surface area contributed by atoms with E-state index in [1.807, 2.05) is 17.9 Å². The summed E-state index contributed by atoms with van der Waals surface area (Å²) in [6, 6.07) is 8.56. The minimum atomic E-state index is -0.916. The van der Waals surface area contributed by atoms with Crippen LogP contribution in [-0.4, -0.2) is 57.1 Å². The van der Waals surface area contributed by atoms with E-state index in [1.54, 1.807) is 31.3 Å². The zero-order valence-electron chi connectivity index (χ0n) is 22.2. The molecule has 1 aliphatic heterocycles. The second kappa shape index (κ2) is 9.64. The number of aryl methyl sites for hydroxylation is 1. The molecule has 6 rings (SSSR count). The quantitative estimate of drug-likeness (QED) is 0.337. The Morgan fingerprint density at radius 3 is 2.64 bits per heavy atom. The lowest BCUT2D eigenvalue weighted by atomic mass is 9.94. The number of ether oxygens (including phenoxy) is 1. The Kier molecular flexibility index (Phi) is 6.38. The van der Waals surface area contributed by atoms with Crippen molar-refractivity contribution in [2.45, 2.75) is 51.6 Å². The molecule has 2 aliphatic rings. The number of aromatic nitrogens is 3. The predicted octanol–water partition coefficient (Wildman–Crippen LogP) is 5.19. The van der Waals surface area contributed by atoms with Crippen molar-refractivity contribution in [1.82, 2.24) is 15.0 Å². The maximum Gasteiger partial charge on any atom is 0.319 e. The molecule has 2 aromatic heterocycles. The van der Waals surface area contributed by atoms with Crippen molar-refractivity contribution in [3.63, 3.8) is 0 Å². The molecule has 4 aromatic rings. The molecule has 1 saturated carbocycles. The number of nitrogens with zero attached hydrogens (tertiary/aromatic N) is 4. The lowest BCUT2D eigenvalue weighted by Crippen LogP contribution is -2.46. The van der Waals surface area contributed by atoms with Crippen molar-refractivity contribution in [3.05, 3.63) is 53.7 Å². The number of aliphatic hydroxyl groups is 2. The Bertz CT molecular complexity index is 1570. The van der Waals surface area contributed by atoms with Crippen LogP contribution in [0.4, 0.5) is 14.6 Å². The van der Waals surface area contributed by atoms with Crippen molar-refractivity contribution in [1.29, 1.82) is 0 Å². The summed E-state index contributed by atoms with van der Waals surface area (Å²) >= 11 is 0. The number of benzene rings is 2. The number of aliphatic hydroxyl groups excluding tert-OH is 1. The first-order chi connectivity index (χ1) is 18.7. The molecule has 0 amide bonds. The Morgan fingerprint density at radius 1 is 1.10 bits per heavy atom. The highest BCUT2D eigenvalue weighted by atomic mass is 19.1. The number of hydrogen-bond donors (Lipinski definition) is 2. The van der Waals surface area contributed by atoms with Crippen LogP contribution in [0.3, 0.4) is 0 Å². The van der Waals surface area contributed by atoms with Gasteiger partial charge in [-0.25, -0.2) is 8.78 Å². The molecule has 2 fully saturated rings. The van der Waals surface area contributed by atoms with Gasteiger partial charge < -0.3 is 19.8 Å². The van der Waals surface area contributed by atoms with Gasteiger partial charge in [-0.3, -0.25) is 4.98 Å². The zero-order chi connectivity index (χ0) is 27.4. The predicted molar refractivity (Wildman–Crippen MR) is 146 cm³/mol. The number of fused-ring (bicyclic) bond motifs is 2. The van der Waals surface area contributed by atoms with Crippen LogP contribution < -0.4 is 9.64 Å². The van der Waals surface area contributed by atoms with Gasteiger partial charge in [-0.15, -0.1) is 0 Å². The largest absolute Gasteiger partial charge is 0.463 e. The summed E-state index contributed by atoms with van der Waals surface area (Å²) in [5, 5.41) is 22.3. The molecule has 2 N–H and O–H groups in total. The average Bonchev–Trinajstić information content (AvgIpc) is 3.72. The highest BCUT2D eigenvalue weighted by Crippen LogP contribution is 2.45. The Hall–Kier alpha value is -3.43. The first kappa shape index (κ1) is 25.8. The van der Waals surface area contributed by atoms with Crippen molar-refractivity contribution in [2.75, 3.05) is 31.2 Å². The summed E-state index contributed by atoms with van der Waals surface area (Å²) < 4.78 is 37.1. The summed E-state index contributed by atoms with van der Waals surface area (Å²) in [6.07, 6.45) is 5.09. The summed E-state index contributed by atoms with van der Waals surface area (Å²) in [7, 11) is 0. The van der Waals surface area contributed by atoms with Crippen molar-refractivity contribution < 1.29 is 23.7 Å². The fourth-order valence-electron chi connectivity index (χ4n) is 5.63. The minimum Gasteiger partial charge on any atom is -0.463 e. The van der Waals surface area contributed by atoms with Gasteiger partial charge in [0.15, 0.2) is 5.82 Å². The second-order valence-electron chi connectivity index (χ2n) is 11.3. The van der Waals surface area contributed by atoms with Gasteiger partial charge in [-0.05, 0) is 61.4 Å². The van der Waals surface area contributed by atoms with E-state index in [0.717, 1.165) is 24.6 Å². The van der Waals surface area contributed by atoms with Crippen molar-refractivity contribution in [2.24, 2.45) is 5.41 Å². The average molecular weight is 535 g/mol. The van der Waals surface area contributed by atoms with Crippen LogP contribution >= 0.6 is 0 Å². The lowest BCUT2D eigenvalue weighted by Gasteiger charge is -2.37. The molecule has 0 spiro atoms. The van der Waals surface area contributed by atoms with Crippen LogP contribution in [0.2, 0.25) is 0 Å². The fraction of sp³-hybridized carbons (Fsp3) is 0.433. The summed E-state index contributed by atoms with van der Waals surface area (Å²) in [5.74, 6) is -0.541. The molecule has 0 radical (unpaired) electrons.